The van der Waals surface area contributed by atoms with Gasteiger partial charge in [0.25, 0.3) is 0 Å². The van der Waals surface area contributed by atoms with Crippen LogP contribution in [0.1, 0.15) is 11.1 Å². The summed E-state index contributed by atoms with van der Waals surface area (Å²) in [5.74, 6) is -0.348. The van der Waals surface area contributed by atoms with Crippen LogP contribution >= 0.6 is 23.8 Å². The zero-order chi connectivity index (χ0) is 11.4. The van der Waals surface area contributed by atoms with Crippen LogP contribution in [0.3, 0.4) is 0 Å². The lowest BCUT2D eigenvalue weighted by molar-refractivity contribution is 0.618. The summed E-state index contributed by atoms with van der Waals surface area (Å²) in [4.78, 5) is 0. The van der Waals surface area contributed by atoms with Gasteiger partial charge in [-0.25, -0.2) is 4.39 Å². The largest absolute Gasteiger partial charge is 0.375 e. The number of nitrogens with one attached hydrogen (secondary N) is 1. The molecule has 0 aromatic heterocycles. The number of aryl methyl sites for hydroxylation is 1. The fourth-order valence-corrected chi connectivity index (χ4v) is 1.20. The van der Waals surface area contributed by atoms with Gasteiger partial charge in [-0.3, -0.25) is 5.43 Å². The third-order valence-electron chi connectivity index (χ3n) is 1.66. The van der Waals surface area contributed by atoms with E-state index in [1.165, 1.54) is 12.3 Å². The summed E-state index contributed by atoms with van der Waals surface area (Å²) in [6.45, 7) is 1.64. The Balaban J connectivity index is 2.90. The lowest BCUT2D eigenvalue weighted by Gasteiger charge is -2.01. The van der Waals surface area contributed by atoms with Gasteiger partial charge in [0.1, 0.15) is 5.82 Å². The summed E-state index contributed by atoms with van der Waals surface area (Å²) in [5, 5.41) is 4.07. The average Bonchev–Trinajstić information content (AvgIpc) is 2.13. The monoisotopic (exact) mass is 245 g/mol. The van der Waals surface area contributed by atoms with Crippen LogP contribution in [0.15, 0.2) is 17.2 Å². The third kappa shape index (κ3) is 3.45. The van der Waals surface area contributed by atoms with E-state index in [9.17, 15) is 4.39 Å². The number of nitrogens with zero attached hydrogens (tertiary/aromatic N) is 1. The van der Waals surface area contributed by atoms with E-state index < -0.39 is 0 Å². The Labute approximate surface area is 97.1 Å². The van der Waals surface area contributed by atoms with Crippen molar-refractivity contribution in [3.8, 4) is 0 Å². The highest BCUT2D eigenvalue weighted by molar-refractivity contribution is 7.80. The Bertz CT molecular complexity index is 420. The van der Waals surface area contributed by atoms with Gasteiger partial charge in [0.05, 0.1) is 11.2 Å². The van der Waals surface area contributed by atoms with E-state index in [0.717, 1.165) is 0 Å². The van der Waals surface area contributed by atoms with Crippen LogP contribution in [0.5, 0.6) is 0 Å². The standard InChI is InChI=1S/C9H9ClFN3S/c1-5-2-6(4-13-14-9(12)15)7(10)3-8(5)11/h2-4H,1H3,(H3,12,14,15). The molecule has 0 fully saturated rings. The van der Waals surface area contributed by atoms with Gasteiger partial charge >= 0.3 is 0 Å². The molecule has 3 N–H and O–H groups in total. The number of hydrogen-bond donors (Lipinski definition) is 2. The fraction of sp³-hybridized carbons (Fsp3) is 0.111. The van der Waals surface area contributed by atoms with Crippen LogP contribution in [-0.4, -0.2) is 11.3 Å². The molecule has 0 atom stereocenters. The van der Waals surface area contributed by atoms with Crippen molar-refractivity contribution in [1.82, 2.24) is 5.43 Å². The van der Waals surface area contributed by atoms with Crippen LogP contribution in [-0.2, 0) is 0 Å². The normalized spacial score (nSPS) is 10.6. The van der Waals surface area contributed by atoms with Crippen molar-refractivity contribution in [3.05, 3.63) is 34.1 Å². The molecule has 0 unspecified atom stereocenters. The van der Waals surface area contributed by atoms with Crippen LogP contribution in [0.2, 0.25) is 5.02 Å². The zero-order valence-electron chi connectivity index (χ0n) is 7.92. The van der Waals surface area contributed by atoms with Crippen molar-refractivity contribution < 1.29 is 4.39 Å². The average molecular weight is 246 g/mol. The zero-order valence-corrected chi connectivity index (χ0v) is 9.49. The van der Waals surface area contributed by atoms with Crippen LogP contribution in [0, 0.1) is 12.7 Å². The molecule has 80 valence electrons. The predicted octanol–water partition coefficient (Wildman–Crippen LogP) is 1.95. The molecule has 6 heteroatoms. The van der Waals surface area contributed by atoms with Gasteiger partial charge in [0.15, 0.2) is 5.11 Å². The van der Waals surface area contributed by atoms with Gasteiger partial charge in [-0.05, 0) is 36.8 Å². The number of thiocarbonyl (C=S) groups is 1. The smallest absolute Gasteiger partial charge is 0.184 e. The first kappa shape index (κ1) is 11.9. The first-order valence-corrected chi connectivity index (χ1v) is 4.83. The third-order valence-corrected chi connectivity index (χ3v) is 2.07. The lowest BCUT2D eigenvalue weighted by atomic mass is 10.1. The second kappa shape index (κ2) is 5.04. The van der Waals surface area contributed by atoms with Gasteiger partial charge in [0, 0.05) is 5.56 Å². The summed E-state index contributed by atoms with van der Waals surface area (Å²) >= 11 is 10.3. The van der Waals surface area contributed by atoms with Gasteiger partial charge in [0.2, 0.25) is 0 Å². The highest BCUT2D eigenvalue weighted by Gasteiger charge is 2.03. The van der Waals surface area contributed by atoms with Crippen molar-refractivity contribution >= 4 is 35.1 Å². The van der Waals surface area contributed by atoms with Crippen molar-refractivity contribution in [2.24, 2.45) is 10.8 Å². The minimum absolute atomic E-state index is 0.0567. The topological polar surface area (TPSA) is 50.4 Å². The Morgan fingerprint density at radius 1 is 1.67 bits per heavy atom. The highest BCUT2D eigenvalue weighted by Crippen LogP contribution is 2.18. The Morgan fingerprint density at radius 2 is 2.33 bits per heavy atom. The summed E-state index contributed by atoms with van der Waals surface area (Å²) in [6.07, 6.45) is 1.42. The number of nitrogens with two attached hydrogens (primary N) is 1. The lowest BCUT2D eigenvalue weighted by Crippen LogP contribution is -2.24. The van der Waals surface area contributed by atoms with E-state index in [0.29, 0.717) is 11.1 Å². The molecule has 0 saturated carbocycles. The molecule has 15 heavy (non-hydrogen) atoms. The molecular formula is C9H9ClFN3S. The quantitative estimate of drug-likeness (QED) is 0.476. The fourth-order valence-electron chi connectivity index (χ4n) is 0.944. The Morgan fingerprint density at radius 3 is 2.93 bits per heavy atom. The molecule has 0 radical (unpaired) electrons. The minimum atomic E-state index is -0.348. The molecule has 3 nitrogen and oxygen atoms in total. The maximum atomic E-state index is 13.0. The molecule has 0 heterocycles. The number of benzene rings is 1. The second-order valence-corrected chi connectivity index (χ2v) is 3.70. The molecule has 0 bridgehead atoms. The molecular weight excluding hydrogens is 237 g/mol. The molecule has 1 aromatic carbocycles. The predicted molar refractivity (Wildman–Crippen MR) is 63.7 cm³/mol. The van der Waals surface area contributed by atoms with Gasteiger partial charge in [-0.2, -0.15) is 5.10 Å². The molecule has 0 aliphatic rings. The van der Waals surface area contributed by atoms with E-state index in [4.69, 9.17) is 17.3 Å². The number of rotatable bonds is 2. The Hall–Kier alpha value is -1.20. The first-order chi connectivity index (χ1) is 7.00. The Kier molecular flexibility index (Phi) is 3.99. The summed E-state index contributed by atoms with van der Waals surface area (Å²) in [5.41, 5.74) is 8.64. The molecule has 1 aromatic rings. The van der Waals surface area contributed by atoms with E-state index in [1.807, 2.05) is 0 Å². The molecule has 0 aliphatic carbocycles. The van der Waals surface area contributed by atoms with Crippen LogP contribution < -0.4 is 11.2 Å². The van der Waals surface area contributed by atoms with E-state index in [2.05, 4.69) is 22.7 Å². The molecule has 0 spiro atoms. The second-order valence-electron chi connectivity index (χ2n) is 2.86. The van der Waals surface area contributed by atoms with Gasteiger partial charge < -0.3 is 5.73 Å². The highest BCUT2D eigenvalue weighted by atomic mass is 35.5. The maximum absolute atomic E-state index is 13.0. The SMILES string of the molecule is Cc1cc(C=NNC(N)=S)c(Cl)cc1F. The van der Waals surface area contributed by atoms with E-state index >= 15 is 0 Å². The van der Waals surface area contributed by atoms with Gasteiger partial charge in [-0.15, -0.1) is 0 Å². The maximum Gasteiger partial charge on any atom is 0.184 e. The van der Waals surface area contributed by atoms with E-state index in [-0.39, 0.29) is 16.0 Å². The number of hydrogen-bond acceptors (Lipinski definition) is 2. The van der Waals surface area contributed by atoms with E-state index in [1.54, 1.807) is 13.0 Å². The van der Waals surface area contributed by atoms with Gasteiger partial charge in [-0.1, -0.05) is 11.6 Å². The summed E-state index contributed by atoms with van der Waals surface area (Å²) in [6, 6.07) is 2.82. The molecule has 0 aliphatic heterocycles. The minimum Gasteiger partial charge on any atom is -0.375 e. The van der Waals surface area contributed by atoms with Crippen molar-refractivity contribution in [3.63, 3.8) is 0 Å². The van der Waals surface area contributed by atoms with Crippen molar-refractivity contribution in [2.75, 3.05) is 0 Å². The van der Waals surface area contributed by atoms with Crippen LogP contribution in [0.4, 0.5) is 4.39 Å². The number of halogens is 2. The summed E-state index contributed by atoms with van der Waals surface area (Å²) in [7, 11) is 0. The van der Waals surface area contributed by atoms with Crippen molar-refractivity contribution in [1.29, 1.82) is 0 Å². The van der Waals surface area contributed by atoms with Crippen molar-refractivity contribution in [2.45, 2.75) is 6.92 Å². The first-order valence-electron chi connectivity index (χ1n) is 4.05. The molecule has 1 rings (SSSR count). The molecule has 0 amide bonds. The van der Waals surface area contributed by atoms with Crippen LogP contribution in [0.25, 0.3) is 0 Å². The molecule has 0 saturated heterocycles. The summed E-state index contributed by atoms with van der Waals surface area (Å²) < 4.78 is 13.0. The number of hydrazone groups is 1.